The summed E-state index contributed by atoms with van der Waals surface area (Å²) in [5.41, 5.74) is 0.677. The normalized spacial score (nSPS) is 10.1. The summed E-state index contributed by atoms with van der Waals surface area (Å²) in [6, 6.07) is 16.3. The summed E-state index contributed by atoms with van der Waals surface area (Å²) in [7, 11) is 0. The van der Waals surface area contributed by atoms with E-state index < -0.39 is 18.5 Å². The number of nitrogens with zero attached hydrogens (tertiary/aromatic N) is 1. The van der Waals surface area contributed by atoms with E-state index in [4.69, 9.17) is 9.47 Å². The Morgan fingerprint density at radius 3 is 2.69 bits per heavy atom. The minimum Gasteiger partial charge on any atom is -0.457 e. The van der Waals surface area contributed by atoms with Crippen LogP contribution in [0.4, 0.5) is 10.8 Å². The molecule has 1 heterocycles. The van der Waals surface area contributed by atoms with Gasteiger partial charge in [0.05, 0.1) is 0 Å². The number of carbonyl (C=O) groups excluding carboxylic acids is 2. The average molecular weight is 409 g/mol. The molecule has 1 aromatic heterocycles. The predicted octanol–water partition coefficient (Wildman–Crippen LogP) is 4.33. The van der Waals surface area contributed by atoms with Crippen LogP contribution in [0.1, 0.15) is 10.5 Å². The smallest absolute Gasteiger partial charge is 0.358 e. The molecule has 3 rings (SSSR count). The molecule has 7 nitrogen and oxygen atoms in total. The molecule has 2 N–H and O–H groups in total. The van der Waals surface area contributed by atoms with Gasteiger partial charge in [-0.1, -0.05) is 30.3 Å². The number of anilines is 2. The number of benzene rings is 2. The van der Waals surface area contributed by atoms with Crippen LogP contribution in [0, 0.1) is 0 Å². The molecule has 8 heteroatoms. The summed E-state index contributed by atoms with van der Waals surface area (Å²) in [4.78, 5) is 28.2. The lowest BCUT2D eigenvalue weighted by atomic mass is 10.3. The van der Waals surface area contributed by atoms with E-state index in [1.807, 2.05) is 30.3 Å². The molecular weight excluding hydrogens is 390 g/mol. The first kappa shape index (κ1) is 20.1. The number of esters is 1. The minimum absolute atomic E-state index is 0.146. The van der Waals surface area contributed by atoms with Gasteiger partial charge in [0.15, 0.2) is 17.4 Å². The molecule has 0 spiro atoms. The van der Waals surface area contributed by atoms with Gasteiger partial charge in [0.1, 0.15) is 11.5 Å². The fourth-order valence-corrected chi connectivity index (χ4v) is 2.96. The molecule has 0 aliphatic heterocycles. The van der Waals surface area contributed by atoms with Crippen LogP contribution in [0.15, 0.2) is 72.6 Å². The maximum absolute atomic E-state index is 12.1. The molecule has 0 aliphatic rings. The summed E-state index contributed by atoms with van der Waals surface area (Å²) >= 11 is 1.27. The summed E-state index contributed by atoms with van der Waals surface area (Å²) in [5.74, 6) is 0.141. The van der Waals surface area contributed by atoms with Crippen LogP contribution in [0.3, 0.4) is 0 Å². The summed E-state index contributed by atoms with van der Waals surface area (Å²) in [6.45, 7) is 3.72. The number of rotatable bonds is 9. The number of aromatic nitrogens is 1. The van der Waals surface area contributed by atoms with Gasteiger partial charge in [-0.3, -0.25) is 4.79 Å². The van der Waals surface area contributed by atoms with Crippen LogP contribution in [0.5, 0.6) is 11.5 Å². The monoisotopic (exact) mass is 409 g/mol. The molecule has 3 aromatic rings. The topological polar surface area (TPSA) is 89.5 Å². The van der Waals surface area contributed by atoms with E-state index in [-0.39, 0.29) is 5.69 Å². The van der Waals surface area contributed by atoms with Crippen molar-refractivity contribution in [3.63, 3.8) is 0 Å². The maximum atomic E-state index is 12.1. The van der Waals surface area contributed by atoms with E-state index in [1.165, 1.54) is 11.3 Å². The van der Waals surface area contributed by atoms with E-state index in [0.717, 1.165) is 0 Å². The van der Waals surface area contributed by atoms with Crippen molar-refractivity contribution in [1.82, 2.24) is 4.98 Å². The summed E-state index contributed by atoms with van der Waals surface area (Å²) in [6.07, 6.45) is 1.68. The predicted molar refractivity (Wildman–Crippen MR) is 113 cm³/mol. The number of thiazole rings is 1. The standard InChI is InChI=1S/C21H19N3O4S/c1-2-11-22-21-24-18(14-29-21)20(26)27-13-19(25)23-15-7-6-10-17(12-15)28-16-8-4-3-5-9-16/h2-10,12,14H,1,11,13H2,(H,22,24)(H,23,25). The molecule has 2 aromatic carbocycles. The molecular formula is C21H19N3O4S. The number of ether oxygens (including phenoxy) is 2. The third-order valence-corrected chi connectivity index (χ3v) is 4.34. The lowest BCUT2D eigenvalue weighted by molar-refractivity contribution is -0.119. The SMILES string of the molecule is C=CCNc1nc(C(=O)OCC(=O)Nc2cccc(Oc3ccccc3)c2)cs1. The Balaban J connectivity index is 1.50. The number of nitrogens with one attached hydrogen (secondary N) is 2. The number of hydrogen-bond acceptors (Lipinski definition) is 7. The Hall–Kier alpha value is -3.65. The lowest BCUT2D eigenvalue weighted by Gasteiger charge is -2.09. The fraction of sp³-hybridized carbons (Fsp3) is 0.0952. The fourth-order valence-electron chi connectivity index (χ4n) is 2.27. The van der Waals surface area contributed by atoms with E-state index >= 15 is 0 Å². The maximum Gasteiger partial charge on any atom is 0.358 e. The second kappa shape index (κ2) is 10.0. The zero-order valence-corrected chi connectivity index (χ0v) is 16.3. The van der Waals surface area contributed by atoms with Crippen LogP contribution >= 0.6 is 11.3 Å². The van der Waals surface area contributed by atoms with Crippen molar-refractivity contribution < 1.29 is 19.1 Å². The number of carbonyl (C=O) groups is 2. The first-order valence-electron chi connectivity index (χ1n) is 8.74. The van der Waals surface area contributed by atoms with Crippen molar-refractivity contribution in [2.75, 3.05) is 23.8 Å². The van der Waals surface area contributed by atoms with Gasteiger partial charge < -0.3 is 20.1 Å². The van der Waals surface area contributed by atoms with Crippen LogP contribution in [0.2, 0.25) is 0 Å². The van der Waals surface area contributed by atoms with E-state index in [1.54, 1.807) is 35.7 Å². The molecule has 29 heavy (non-hydrogen) atoms. The highest BCUT2D eigenvalue weighted by molar-refractivity contribution is 7.13. The second-order valence-electron chi connectivity index (χ2n) is 5.77. The van der Waals surface area contributed by atoms with Crippen LogP contribution < -0.4 is 15.4 Å². The highest BCUT2D eigenvalue weighted by atomic mass is 32.1. The average Bonchev–Trinajstić information content (AvgIpc) is 3.20. The van der Waals surface area contributed by atoms with Gasteiger partial charge in [-0.2, -0.15) is 0 Å². The third kappa shape index (κ3) is 6.18. The molecule has 148 valence electrons. The van der Waals surface area contributed by atoms with E-state index in [2.05, 4.69) is 22.2 Å². The summed E-state index contributed by atoms with van der Waals surface area (Å²) in [5, 5.41) is 7.80. The highest BCUT2D eigenvalue weighted by Crippen LogP contribution is 2.23. The first-order chi connectivity index (χ1) is 14.1. The second-order valence-corrected chi connectivity index (χ2v) is 6.63. The van der Waals surface area contributed by atoms with Gasteiger partial charge in [0.2, 0.25) is 0 Å². The van der Waals surface area contributed by atoms with Crippen molar-refractivity contribution in [2.45, 2.75) is 0 Å². The van der Waals surface area contributed by atoms with Crippen molar-refractivity contribution >= 4 is 34.0 Å². The van der Waals surface area contributed by atoms with Crippen molar-refractivity contribution in [1.29, 1.82) is 0 Å². The highest BCUT2D eigenvalue weighted by Gasteiger charge is 2.14. The third-order valence-electron chi connectivity index (χ3n) is 3.54. The van der Waals surface area contributed by atoms with Gasteiger partial charge in [-0.05, 0) is 24.3 Å². The van der Waals surface area contributed by atoms with Gasteiger partial charge in [0, 0.05) is 23.7 Å². The number of hydrogen-bond donors (Lipinski definition) is 2. The van der Waals surface area contributed by atoms with Crippen molar-refractivity contribution in [2.24, 2.45) is 0 Å². The van der Waals surface area contributed by atoms with Gasteiger partial charge in [0.25, 0.3) is 5.91 Å². The zero-order chi connectivity index (χ0) is 20.5. The zero-order valence-electron chi connectivity index (χ0n) is 15.5. The Bertz CT molecular complexity index is 988. The molecule has 0 saturated heterocycles. The number of para-hydroxylation sites is 1. The Labute approximate surface area is 172 Å². The van der Waals surface area contributed by atoms with Gasteiger partial charge in [-0.15, -0.1) is 17.9 Å². The molecule has 0 unspecified atom stereocenters. The molecule has 0 atom stereocenters. The summed E-state index contributed by atoms with van der Waals surface area (Å²) < 4.78 is 10.8. The molecule has 0 radical (unpaired) electrons. The van der Waals surface area contributed by atoms with Gasteiger partial charge >= 0.3 is 5.97 Å². The Morgan fingerprint density at radius 2 is 1.90 bits per heavy atom. The molecule has 0 aliphatic carbocycles. The quantitative estimate of drug-likeness (QED) is 0.404. The molecule has 0 bridgehead atoms. The van der Waals surface area contributed by atoms with Crippen LogP contribution in [0.25, 0.3) is 0 Å². The Kier molecular flexibility index (Phi) is 6.96. The Morgan fingerprint density at radius 1 is 1.10 bits per heavy atom. The van der Waals surface area contributed by atoms with Crippen molar-refractivity contribution in [3.8, 4) is 11.5 Å². The molecule has 1 amide bonds. The van der Waals surface area contributed by atoms with Crippen molar-refractivity contribution in [3.05, 3.63) is 78.3 Å². The molecule has 0 fully saturated rings. The minimum atomic E-state index is -0.663. The van der Waals surface area contributed by atoms with E-state index in [9.17, 15) is 9.59 Å². The lowest BCUT2D eigenvalue weighted by Crippen LogP contribution is -2.21. The van der Waals surface area contributed by atoms with Crippen LogP contribution in [-0.4, -0.2) is 30.0 Å². The largest absolute Gasteiger partial charge is 0.457 e. The van der Waals surface area contributed by atoms with Gasteiger partial charge in [-0.25, -0.2) is 9.78 Å². The van der Waals surface area contributed by atoms with Crippen LogP contribution in [-0.2, 0) is 9.53 Å². The van der Waals surface area contributed by atoms with E-state index in [0.29, 0.717) is 28.9 Å². The molecule has 0 saturated carbocycles. The number of amides is 1. The first-order valence-corrected chi connectivity index (χ1v) is 9.62.